The number of nitro benzene ring substituents is 1. The third kappa shape index (κ3) is 5.98. The van der Waals surface area contributed by atoms with E-state index >= 15 is 0 Å². The Bertz CT molecular complexity index is 1970. The summed E-state index contributed by atoms with van der Waals surface area (Å²) in [6.45, 7) is 0.981. The van der Waals surface area contributed by atoms with Crippen LogP contribution in [-0.2, 0) is 14.8 Å². The van der Waals surface area contributed by atoms with Crippen LogP contribution in [-0.4, -0.2) is 31.5 Å². The first-order valence-corrected chi connectivity index (χ1v) is 16.0. The lowest BCUT2D eigenvalue weighted by Gasteiger charge is -2.37. The molecule has 12 heteroatoms. The van der Waals surface area contributed by atoms with Crippen molar-refractivity contribution in [2.24, 2.45) is 11.0 Å². The number of hydrogen-bond acceptors (Lipinski definition) is 7. The molecular weight excluding hydrogens is 609 g/mol. The summed E-state index contributed by atoms with van der Waals surface area (Å²) in [7, 11) is -4.35. The number of benzene rings is 4. The van der Waals surface area contributed by atoms with Crippen LogP contribution in [0, 0.1) is 21.8 Å². The number of hydrogen-bond donors (Lipinski definition) is 2. The van der Waals surface area contributed by atoms with Gasteiger partial charge in [0.25, 0.3) is 21.6 Å². The molecule has 2 N–H and O–H groups in total. The summed E-state index contributed by atoms with van der Waals surface area (Å²) in [4.78, 5) is 24.1. The van der Waals surface area contributed by atoms with Gasteiger partial charge in [-0.15, -0.1) is 0 Å². The van der Waals surface area contributed by atoms with Crippen molar-refractivity contribution in [1.82, 2.24) is 5.43 Å². The average Bonchev–Trinajstić information content (AvgIpc) is 3.57. The van der Waals surface area contributed by atoms with Crippen molar-refractivity contribution in [2.45, 2.75) is 30.2 Å². The second kappa shape index (κ2) is 12.6. The van der Waals surface area contributed by atoms with Crippen molar-refractivity contribution in [1.29, 1.82) is 0 Å². The fourth-order valence-electron chi connectivity index (χ4n) is 6.04. The van der Waals surface area contributed by atoms with Crippen LogP contribution in [0.3, 0.4) is 0 Å². The van der Waals surface area contributed by atoms with E-state index in [9.17, 15) is 27.7 Å². The predicted molar refractivity (Wildman–Crippen MR) is 174 cm³/mol. The molecule has 1 aliphatic carbocycles. The fraction of sp³-hybridized carbons (Fsp3) is 0.176. The topological polar surface area (TPSA) is 134 Å². The summed E-state index contributed by atoms with van der Waals surface area (Å²) in [5.74, 6) is -0.686. The van der Waals surface area contributed by atoms with E-state index in [1.807, 2.05) is 30.3 Å². The van der Waals surface area contributed by atoms with E-state index in [0.717, 1.165) is 33.1 Å². The first-order valence-electron chi connectivity index (χ1n) is 14.6. The van der Waals surface area contributed by atoms with Gasteiger partial charge < -0.3 is 5.32 Å². The first-order chi connectivity index (χ1) is 22.1. The van der Waals surface area contributed by atoms with Gasteiger partial charge in [-0.2, -0.15) is 5.10 Å². The number of sulfonamides is 1. The number of fused-ring (bicyclic) bond motifs is 3. The van der Waals surface area contributed by atoms with Gasteiger partial charge in [0, 0.05) is 17.7 Å². The highest BCUT2D eigenvalue weighted by Gasteiger charge is 2.38. The summed E-state index contributed by atoms with van der Waals surface area (Å²) < 4.78 is 41.5. The summed E-state index contributed by atoms with van der Waals surface area (Å²) in [5.41, 5.74) is 6.01. The third-order valence-corrected chi connectivity index (χ3v) is 10.1. The molecule has 4 aromatic carbocycles. The number of carbonyl (C=O) groups excluding carboxylic acids is 1. The van der Waals surface area contributed by atoms with Gasteiger partial charge in [0.2, 0.25) is 0 Å². The van der Waals surface area contributed by atoms with Crippen LogP contribution in [0.4, 0.5) is 21.5 Å². The van der Waals surface area contributed by atoms with Crippen molar-refractivity contribution in [2.75, 3.05) is 16.2 Å². The van der Waals surface area contributed by atoms with Crippen molar-refractivity contribution in [3.8, 4) is 0 Å². The number of nitrogens with zero attached hydrogens (tertiary/aromatic N) is 3. The Morgan fingerprint density at radius 3 is 2.50 bits per heavy atom. The molecule has 4 aromatic rings. The number of hydrazone groups is 1. The van der Waals surface area contributed by atoms with E-state index in [4.69, 9.17) is 0 Å². The minimum absolute atomic E-state index is 0.0172. The zero-order chi connectivity index (χ0) is 32.4. The molecule has 0 spiro atoms. The molecule has 2 aliphatic rings. The van der Waals surface area contributed by atoms with Crippen molar-refractivity contribution >= 4 is 38.7 Å². The minimum Gasteiger partial charge on any atom is -0.378 e. The molecule has 1 aliphatic heterocycles. The number of carbonyl (C=O) groups is 1. The molecule has 10 nitrogen and oxygen atoms in total. The number of nitrogens with one attached hydrogen (secondary N) is 2. The maximum atomic E-state index is 13.6. The zero-order valence-corrected chi connectivity index (χ0v) is 25.5. The molecule has 0 saturated heterocycles. The molecule has 6 rings (SSSR count). The Morgan fingerprint density at radius 1 is 1.04 bits per heavy atom. The van der Waals surface area contributed by atoms with Gasteiger partial charge in [0.1, 0.15) is 18.0 Å². The third-order valence-electron chi connectivity index (χ3n) is 8.32. The number of halogens is 1. The molecule has 0 unspecified atom stereocenters. The van der Waals surface area contributed by atoms with Crippen LogP contribution in [0.5, 0.6) is 0 Å². The molecule has 0 radical (unpaired) electrons. The van der Waals surface area contributed by atoms with Crippen LogP contribution in [0.2, 0.25) is 0 Å². The molecule has 0 bridgehead atoms. The number of nitro groups is 1. The van der Waals surface area contributed by atoms with Gasteiger partial charge in [0.15, 0.2) is 0 Å². The van der Waals surface area contributed by atoms with Crippen LogP contribution in [0.25, 0.3) is 0 Å². The van der Waals surface area contributed by atoms with E-state index in [1.165, 1.54) is 60.7 Å². The smallest absolute Gasteiger partial charge is 0.293 e. The molecule has 1 heterocycles. The minimum atomic E-state index is -4.35. The van der Waals surface area contributed by atoms with E-state index in [1.54, 1.807) is 13.0 Å². The lowest BCUT2D eigenvalue weighted by atomic mass is 9.76. The predicted octanol–water partition coefficient (Wildman–Crippen LogP) is 6.30. The Kier molecular flexibility index (Phi) is 8.37. The summed E-state index contributed by atoms with van der Waals surface area (Å²) in [5, 5.41) is 19.6. The number of amides is 1. The van der Waals surface area contributed by atoms with Crippen molar-refractivity contribution in [3.63, 3.8) is 0 Å². The number of para-hydroxylation sites is 2. The number of anilines is 2. The van der Waals surface area contributed by atoms with Crippen molar-refractivity contribution in [3.05, 3.63) is 142 Å². The standard InChI is InChI=1S/C34H30FN5O5S/c1-22(24-16-19-30-29(20-24)27-10-7-11-28(27)34(36-30)23-14-17-25(35)18-15-23)37-38-33(41)21-39(31-12-5-6-13-32(31)40(42)43)46(44,45)26-8-3-2-4-9-26/h2-10,12-20,27-28,34,36H,11,21H2,1H3,(H,38,41)/t27-,28+,34+/m1/s1. The number of allylic oxidation sites excluding steroid dienone is 2. The molecule has 0 aromatic heterocycles. The molecule has 46 heavy (non-hydrogen) atoms. The van der Waals surface area contributed by atoms with Gasteiger partial charge in [-0.3, -0.25) is 14.9 Å². The van der Waals surface area contributed by atoms with E-state index in [-0.39, 0.29) is 34.3 Å². The normalized spacial score (nSPS) is 18.7. The number of rotatable bonds is 9. The van der Waals surface area contributed by atoms with Crippen LogP contribution in [0.15, 0.2) is 119 Å². The van der Waals surface area contributed by atoms with Crippen molar-refractivity contribution < 1.29 is 22.5 Å². The molecule has 1 amide bonds. The molecule has 234 valence electrons. The Morgan fingerprint density at radius 2 is 1.76 bits per heavy atom. The maximum absolute atomic E-state index is 13.6. The van der Waals surface area contributed by atoms with E-state index in [2.05, 4.69) is 28.0 Å². The van der Waals surface area contributed by atoms with Gasteiger partial charge in [0.05, 0.1) is 21.6 Å². The monoisotopic (exact) mass is 639 g/mol. The second-order valence-electron chi connectivity index (χ2n) is 11.1. The summed E-state index contributed by atoms with van der Waals surface area (Å²) in [6, 6.07) is 25.2. The van der Waals surface area contributed by atoms with E-state index < -0.39 is 33.1 Å². The van der Waals surface area contributed by atoms with Crippen LogP contribution < -0.4 is 15.0 Å². The highest BCUT2D eigenvalue weighted by Crippen LogP contribution is 2.50. The average molecular weight is 640 g/mol. The van der Waals surface area contributed by atoms with Gasteiger partial charge in [-0.25, -0.2) is 22.5 Å². The quantitative estimate of drug-likeness (QED) is 0.0956. The maximum Gasteiger partial charge on any atom is 0.293 e. The van der Waals surface area contributed by atoms with Gasteiger partial charge in [-0.05, 0) is 78.4 Å². The largest absolute Gasteiger partial charge is 0.378 e. The van der Waals surface area contributed by atoms with Gasteiger partial charge >= 0.3 is 0 Å². The second-order valence-corrected chi connectivity index (χ2v) is 13.0. The van der Waals surface area contributed by atoms with E-state index in [0.29, 0.717) is 5.71 Å². The SMILES string of the molecule is CC(=NNC(=O)CN(c1ccccc1[N+](=O)[O-])S(=O)(=O)c1ccccc1)c1ccc2c(c1)[C@@H]1C=CC[C@@H]1[C@H](c1ccc(F)cc1)N2. The Hall–Kier alpha value is -5.36. The summed E-state index contributed by atoms with van der Waals surface area (Å²) >= 11 is 0. The fourth-order valence-corrected chi connectivity index (χ4v) is 7.50. The lowest BCUT2D eigenvalue weighted by molar-refractivity contribution is -0.384. The summed E-state index contributed by atoms with van der Waals surface area (Å²) in [6.07, 6.45) is 5.21. The highest BCUT2D eigenvalue weighted by molar-refractivity contribution is 7.92. The molecule has 3 atom stereocenters. The van der Waals surface area contributed by atoms with Crippen LogP contribution in [0.1, 0.15) is 42.0 Å². The molecule has 0 fully saturated rings. The molecular formula is C34H30FN5O5S. The van der Waals surface area contributed by atoms with Crippen LogP contribution >= 0.6 is 0 Å². The van der Waals surface area contributed by atoms with Gasteiger partial charge in [-0.1, -0.05) is 60.7 Å². The Balaban J connectivity index is 1.24. The highest BCUT2D eigenvalue weighted by atomic mass is 32.2. The zero-order valence-electron chi connectivity index (χ0n) is 24.7. The Labute approximate surface area is 265 Å². The lowest BCUT2D eigenvalue weighted by Crippen LogP contribution is -2.40. The first kappa shape index (κ1) is 30.7. The molecule has 0 saturated carbocycles.